The van der Waals surface area contributed by atoms with Crippen molar-refractivity contribution in [2.24, 2.45) is 5.41 Å². The third kappa shape index (κ3) is 4.10. The number of ether oxygens (including phenoxy) is 1. The third-order valence-electron chi connectivity index (χ3n) is 2.22. The molecule has 1 aliphatic rings. The van der Waals surface area contributed by atoms with E-state index in [2.05, 4.69) is 39.9 Å². The summed E-state index contributed by atoms with van der Waals surface area (Å²) in [6.07, 6.45) is 2.63. The van der Waals surface area contributed by atoms with Crippen molar-refractivity contribution in [3.8, 4) is 0 Å². The zero-order valence-corrected chi connectivity index (χ0v) is 9.61. The second-order valence-electron chi connectivity index (χ2n) is 5.91. The summed E-state index contributed by atoms with van der Waals surface area (Å²) in [5, 5.41) is 3.53. The molecule has 0 spiro atoms. The van der Waals surface area contributed by atoms with E-state index in [1.807, 2.05) is 0 Å². The molecule has 1 atom stereocenters. The van der Waals surface area contributed by atoms with Crippen LogP contribution in [0.4, 0.5) is 0 Å². The van der Waals surface area contributed by atoms with Crippen molar-refractivity contribution >= 4 is 0 Å². The van der Waals surface area contributed by atoms with Gasteiger partial charge < -0.3 is 4.74 Å². The maximum Gasteiger partial charge on any atom is 0.110 e. The molecule has 1 fully saturated rings. The highest BCUT2D eigenvalue weighted by atomic mass is 16.5. The monoisotopic (exact) mass is 185 g/mol. The minimum Gasteiger partial charge on any atom is -0.363 e. The van der Waals surface area contributed by atoms with Gasteiger partial charge in [0.2, 0.25) is 0 Å². The highest BCUT2D eigenvalue weighted by molar-refractivity contribution is 4.85. The molecule has 2 heteroatoms. The van der Waals surface area contributed by atoms with Crippen molar-refractivity contribution in [3.05, 3.63) is 0 Å². The minimum atomic E-state index is 0.184. The van der Waals surface area contributed by atoms with E-state index >= 15 is 0 Å². The Balaban J connectivity index is 2.35. The van der Waals surface area contributed by atoms with Crippen LogP contribution >= 0.6 is 0 Å². The van der Waals surface area contributed by atoms with Gasteiger partial charge in [0.25, 0.3) is 0 Å². The molecular formula is C11H23NO. The SMILES string of the molecule is CC(C)(C)CC(C)(C)NC1CCO1. The van der Waals surface area contributed by atoms with E-state index in [1.54, 1.807) is 0 Å². The predicted molar refractivity (Wildman–Crippen MR) is 55.6 cm³/mol. The Morgan fingerprint density at radius 3 is 2.08 bits per heavy atom. The van der Waals surface area contributed by atoms with Crippen LogP contribution in [0.1, 0.15) is 47.5 Å². The predicted octanol–water partition coefficient (Wildman–Crippen LogP) is 2.54. The maximum absolute atomic E-state index is 5.37. The summed E-state index contributed by atoms with van der Waals surface area (Å²) in [6, 6.07) is 0. The molecule has 1 heterocycles. The topological polar surface area (TPSA) is 21.3 Å². The standard InChI is InChI=1S/C11H23NO/c1-10(2,3)8-11(4,5)12-9-6-7-13-9/h9,12H,6-8H2,1-5H3. The first-order valence-electron chi connectivity index (χ1n) is 5.18. The molecule has 1 unspecified atom stereocenters. The van der Waals surface area contributed by atoms with E-state index in [0.717, 1.165) is 13.0 Å². The van der Waals surface area contributed by atoms with Crippen molar-refractivity contribution in [1.29, 1.82) is 0 Å². The van der Waals surface area contributed by atoms with Gasteiger partial charge >= 0.3 is 0 Å². The van der Waals surface area contributed by atoms with Crippen molar-refractivity contribution < 1.29 is 4.74 Å². The molecule has 2 nitrogen and oxygen atoms in total. The third-order valence-corrected chi connectivity index (χ3v) is 2.22. The van der Waals surface area contributed by atoms with Gasteiger partial charge in [-0.3, -0.25) is 5.32 Å². The molecule has 0 aliphatic carbocycles. The largest absolute Gasteiger partial charge is 0.363 e. The summed E-state index contributed by atoms with van der Waals surface area (Å²) in [5.74, 6) is 0. The first kappa shape index (κ1) is 11.0. The fourth-order valence-electron chi connectivity index (χ4n) is 2.16. The van der Waals surface area contributed by atoms with E-state index < -0.39 is 0 Å². The smallest absolute Gasteiger partial charge is 0.110 e. The normalized spacial score (nSPS) is 24.2. The van der Waals surface area contributed by atoms with Gasteiger partial charge in [-0.25, -0.2) is 0 Å². The molecule has 13 heavy (non-hydrogen) atoms. The fraction of sp³-hybridized carbons (Fsp3) is 1.00. The van der Waals surface area contributed by atoms with Crippen molar-refractivity contribution in [2.45, 2.75) is 59.2 Å². The minimum absolute atomic E-state index is 0.184. The molecule has 0 bridgehead atoms. The number of hydrogen-bond donors (Lipinski definition) is 1. The Hall–Kier alpha value is -0.0800. The van der Waals surface area contributed by atoms with Crippen LogP contribution in [0.3, 0.4) is 0 Å². The van der Waals surface area contributed by atoms with Crippen LogP contribution in [0.25, 0.3) is 0 Å². The highest BCUT2D eigenvalue weighted by Crippen LogP contribution is 2.28. The van der Waals surface area contributed by atoms with Gasteiger partial charge in [0.1, 0.15) is 6.23 Å². The average molecular weight is 185 g/mol. The highest BCUT2D eigenvalue weighted by Gasteiger charge is 2.30. The van der Waals surface area contributed by atoms with Crippen LogP contribution in [-0.2, 0) is 4.74 Å². The molecule has 78 valence electrons. The van der Waals surface area contributed by atoms with Crippen LogP contribution in [0.2, 0.25) is 0 Å². The average Bonchev–Trinajstić information content (AvgIpc) is 1.73. The van der Waals surface area contributed by atoms with E-state index in [1.165, 1.54) is 6.42 Å². The first-order chi connectivity index (χ1) is 5.79. The van der Waals surface area contributed by atoms with Gasteiger partial charge in [0.05, 0.1) is 6.61 Å². The zero-order valence-electron chi connectivity index (χ0n) is 9.61. The van der Waals surface area contributed by atoms with Gasteiger partial charge in [-0.1, -0.05) is 20.8 Å². The number of hydrogen-bond acceptors (Lipinski definition) is 2. The number of rotatable bonds is 3. The summed E-state index contributed by atoms with van der Waals surface area (Å²) >= 11 is 0. The maximum atomic E-state index is 5.37. The van der Waals surface area contributed by atoms with E-state index in [9.17, 15) is 0 Å². The van der Waals surface area contributed by atoms with Crippen LogP contribution < -0.4 is 5.32 Å². The molecule has 1 rings (SSSR count). The molecule has 0 aromatic carbocycles. The van der Waals surface area contributed by atoms with Crippen molar-refractivity contribution in [1.82, 2.24) is 5.32 Å². The quantitative estimate of drug-likeness (QED) is 0.729. The Bertz CT molecular complexity index is 165. The van der Waals surface area contributed by atoms with Crippen LogP contribution in [0.5, 0.6) is 0 Å². The lowest BCUT2D eigenvalue weighted by atomic mass is 9.81. The van der Waals surface area contributed by atoms with Gasteiger partial charge in [-0.15, -0.1) is 0 Å². The van der Waals surface area contributed by atoms with E-state index in [-0.39, 0.29) is 5.54 Å². The van der Waals surface area contributed by atoms with Crippen molar-refractivity contribution in [3.63, 3.8) is 0 Å². The number of nitrogens with one attached hydrogen (secondary N) is 1. The fourth-order valence-corrected chi connectivity index (χ4v) is 2.16. The van der Waals surface area contributed by atoms with Gasteiger partial charge in [0, 0.05) is 12.0 Å². The molecule has 0 aromatic heterocycles. The zero-order chi connectivity index (χ0) is 10.1. The molecular weight excluding hydrogens is 162 g/mol. The summed E-state index contributed by atoms with van der Waals surface area (Å²) in [7, 11) is 0. The van der Waals surface area contributed by atoms with Crippen LogP contribution in [0.15, 0.2) is 0 Å². The Morgan fingerprint density at radius 2 is 1.77 bits per heavy atom. The van der Waals surface area contributed by atoms with Gasteiger partial charge in [-0.2, -0.15) is 0 Å². The molecule has 0 amide bonds. The molecule has 0 aromatic rings. The molecule has 1 N–H and O–H groups in total. The summed E-state index contributed by atoms with van der Waals surface area (Å²) < 4.78 is 5.37. The Labute approximate surface area is 82.0 Å². The van der Waals surface area contributed by atoms with Gasteiger partial charge in [0.15, 0.2) is 0 Å². The Kier molecular flexibility index (Phi) is 3.03. The van der Waals surface area contributed by atoms with Crippen molar-refractivity contribution in [2.75, 3.05) is 6.61 Å². The lowest BCUT2D eigenvalue weighted by Crippen LogP contribution is -2.52. The first-order valence-corrected chi connectivity index (χ1v) is 5.18. The molecule has 0 radical (unpaired) electrons. The summed E-state index contributed by atoms with van der Waals surface area (Å²) in [4.78, 5) is 0. The van der Waals surface area contributed by atoms with E-state index in [0.29, 0.717) is 11.6 Å². The molecule has 0 saturated carbocycles. The van der Waals surface area contributed by atoms with E-state index in [4.69, 9.17) is 4.74 Å². The second-order valence-corrected chi connectivity index (χ2v) is 5.91. The summed E-state index contributed by atoms with van der Waals surface area (Å²) in [5.41, 5.74) is 0.559. The lowest BCUT2D eigenvalue weighted by Gasteiger charge is -2.39. The molecule has 1 aliphatic heterocycles. The Morgan fingerprint density at radius 1 is 1.23 bits per heavy atom. The summed E-state index contributed by atoms with van der Waals surface area (Å²) in [6.45, 7) is 12.2. The van der Waals surface area contributed by atoms with Crippen LogP contribution in [-0.4, -0.2) is 18.4 Å². The lowest BCUT2D eigenvalue weighted by molar-refractivity contribution is -0.0872. The molecule has 1 saturated heterocycles. The second kappa shape index (κ2) is 3.58. The van der Waals surface area contributed by atoms with Gasteiger partial charge in [-0.05, 0) is 25.7 Å². The van der Waals surface area contributed by atoms with Crippen LogP contribution in [0, 0.1) is 5.41 Å².